The largest absolute Gasteiger partial charge is 0.436 e. The number of rotatable bonds is 7. The van der Waals surface area contributed by atoms with Gasteiger partial charge < -0.3 is 20.5 Å². The number of anilines is 3. The molecule has 126 valence electrons. The van der Waals surface area contributed by atoms with E-state index in [9.17, 15) is 9.90 Å². The van der Waals surface area contributed by atoms with Crippen LogP contribution in [0.2, 0.25) is 0 Å². The first-order chi connectivity index (χ1) is 11.6. The summed E-state index contributed by atoms with van der Waals surface area (Å²) in [6.45, 7) is 3.29. The lowest BCUT2D eigenvalue weighted by molar-refractivity contribution is -0.146. The Morgan fingerprint density at radius 3 is 2.21 bits per heavy atom. The van der Waals surface area contributed by atoms with Crippen molar-refractivity contribution in [2.75, 3.05) is 10.6 Å². The van der Waals surface area contributed by atoms with E-state index in [0.29, 0.717) is 0 Å². The fourth-order valence-corrected chi connectivity index (χ4v) is 2.05. The number of ether oxygens (including phenoxy) is 1. The average molecular weight is 326 g/mol. The number of hydrogen-bond acceptors (Lipinski definition) is 5. The predicted molar refractivity (Wildman–Crippen MR) is 96.2 cm³/mol. The van der Waals surface area contributed by atoms with Crippen molar-refractivity contribution in [3.8, 4) is 0 Å². The fraction of sp³-hybridized carbons (Fsp3) is 0.211. The molecule has 2 unspecified atom stereocenters. The molecule has 0 aromatic heterocycles. The van der Waals surface area contributed by atoms with Crippen molar-refractivity contribution in [2.45, 2.75) is 26.2 Å². The monoisotopic (exact) mass is 326 g/mol. The Morgan fingerprint density at radius 1 is 1.04 bits per heavy atom. The van der Waals surface area contributed by atoms with E-state index in [2.05, 4.69) is 10.6 Å². The number of allylic oxidation sites excluding steroid dienone is 1. The SMILES string of the molecule is CC=CC(=O)OC(Nc1ccc(Nc2ccccc2)cc1)C(C)O. The Bertz CT molecular complexity index is 667. The third kappa shape index (κ3) is 5.44. The number of para-hydroxylation sites is 1. The van der Waals surface area contributed by atoms with E-state index in [1.807, 2.05) is 54.6 Å². The van der Waals surface area contributed by atoms with Crippen molar-refractivity contribution in [2.24, 2.45) is 0 Å². The van der Waals surface area contributed by atoms with Crippen molar-refractivity contribution in [3.05, 3.63) is 66.7 Å². The van der Waals surface area contributed by atoms with Gasteiger partial charge in [-0.25, -0.2) is 4.79 Å². The summed E-state index contributed by atoms with van der Waals surface area (Å²) in [4.78, 5) is 11.5. The van der Waals surface area contributed by atoms with Gasteiger partial charge in [-0.3, -0.25) is 0 Å². The molecule has 2 rings (SSSR count). The minimum absolute atomic E-state index is 0.502. The van der Waals surface area contributed by atoms with Gasteiger partial charge >= 0.3 is 5.97 Å². The molecule has 5 heteroatoms. The number of carbonyl (C=O) groups excluding carboxylic acids is 1. The molecule has 0 aliphatic rings. The molecule has 2 aromatic carbocycles. The topological polar surface area (TPSA) is 70.6 Å². The van der Waals surface area contributed by atoms with E-state index in [0.717, 1.165) is 17.1 Å². The number of carbonyl (C=O) groups is 1. The van der Waals surface area contributed by atoms with E-state index in [4.69, 9.17) is 4.74 Å². The van der Waals surface area contributed by atoms with Crippen LogP contribution in [-0.2, 0) is 9.53 Å². The van der Waals surface area contributed by atoms with E-state index < -0.39 is 18.3 Å². The van der Waals surface area contributed by atoms with Crippen molar-refractivity contribution in [3.63, 3.8) is 0 Å². The maximum absolute atomic E-state index is 11.5. The van der Waals surface area contributed by atoms with Gasteiger partial charge in [-0.1, -0.05) is 24.3 Å². The van der Waals surface area contributed by atoms with Crippen molar-refractivity contribution >= 4 is 23.0 Å². The lowest BCUT2D eigenvalue weighted by atomic mass is 10.2. The zero-order valence-corrected chi connectivity index (χ0v) is 13.8. The first-order valence-electron chi connectivity index (χ1n) is 7.78. The van der Waals surface area contributed by atoms with Gasteiger partial charge in [0.1, 0.15) is 6.10 Å². The highest BCUT2D eigenvalue weighted by Crippen LogP contribution is 2.19. The summed E-state index contributed by atoms with van der Waals surface area (Å²) in [5.41, 5.74) is 2.68. The maximum atomic E-state index is 11.5. The summed E-state index contributed by atoms with van der Waals surface area (Å²) >= 11 is 0. The molecule has 3 N–H and O–H groups in total. The zero-order chi connectivity index (χ0) is 17.4. The highest BCUT2D eigenvalue weighted by molar-refractivity contribution is 5.82. The third-order valence-electron chi connectivity index (χ3n) is 3.24. The van der Waals surface area contributed by atoms with Gasteiger partial charge in [0.05, 0.1) is 0 Å². The van der Waals surface area contributed by atoms with Crippen LogP contribution in [0.5, 0.6) is 0 Å². The van der Waals surface area contributed by atoms with Gasteiger partial charge in [0.2, 0.25) is 0 Å². The smallest absolute Gasteiger partial charge is 0.332 e. The molecule has 0 aliphatic carbocycles. The van der Waals surface area contributed by atoms with Gasteiger partial charge in [0.25, 0.3) is 0 Å². The molecule has 0 aliphatic heterocycles. The van der Waals surface area contributed by atoms with E-state index in [1.165, 1.54) is 6.08 Å². The Hall–Kier alpha value is -2.79. The number of benzene rings is 2. The van der Waals surface area contributed by atoms with E-state index in [1.54, 1.807) is 19.9 Å². The molecular formula is C19H22N2O3. The molecule has 0 saturated heterocycles. The highest BCUT2D eigenvalue weighted by atomic mass is 16.6. The molecule has 0 bridgehead atoms. The zero-order valence-electron chi connectivity index (χ0n) is 13.8. The first-order valence-corrected chi connectivity index (χ1v) is 7.78. The summed E-state index contributed by atoms with van der Waals surface area (Å²) in [7, 11) is 0. The normalized spacial score (nSPS) is 13.3. The lowest BCUT2D eigenvalue weighted by Gasteiger charge is -2.22. The Labute approximate surface area is 142 Å². The molecule has 0 spiro atoms. The molecule has 0 amide bonds. The average Bonchev–Trinajstić information content (AvgIpc) is 2.57. The molecule has 0 fully saturated rings. The summed E-state index contributed by atoms with van der Waals surface area (Å²) in [6.07, 6.45) is 1.23. The highest BCUT2D eigenvalue weighted by Gasteiger charge is 2.18. The number of esters is 1. The van der Waals surface area contributed by atoms with E-state index >= 15 is 0 Å². The number of hydrogen-bond donors (Lipinski definition) is 3. The van der Waals surface area contributed by atoms with Gasteiger partial charge in [-0.15, -0.1) is 0 Å². The Kier molecular flexibility index (Phi) is 6.40. The molecular weight excluding hydrogens is 304 g/mol. The second-order valence-corrected chi connectivity index (χ2v) is 5.31. The first kappa shape index (κ1) is 17.6. The molecule has 0 saturated carbocycles. The quantitative estimate of drug-likeness (QED) is 0.411. The molecule has 2 aromatic rings. The van der Waals surface area contributed by atoms with E-state index in [-0.39, 0.29) is 0 Å². The van der Waals surface area contributed by atoms with Crippen LogP contribution in [0.25, 0.3) is 0 Å². The summed E-state index contributed by atoms with van der Waals surface area (Å²) < 4.78 is 5.18. The van der Waals surface area contributed by atoms with Crippen LogP contribution in [0.1, 0.15) is 13.8 Å². The van der Waals surface area contributed by atoms with Gasteiger partial charge in [-0.2, -0.15) is 0 Å². The Balaban J connectivity index is 1.99. The van der Waals surface area contributed by atoms with Gasteiger partial charge in [0.15, 0.2) is 6.23 Å². The van der Waals surface area contributed by atoms with Crippen LogP contribution in [0.4, 0.5) is 17.1 Å². The standard InChI is InChI=1S/C19H22N2O3/c1-3-7-18(23)24-19(14(2)22)21-17-12-10-16(11-13-17)20-15-8-5-4-6-9-15/h3-14,19-22H,1-2H3. The van der Waals surface area contributed by atoms with Crippen LogP contribution in [0, 0.1) is 0 Å². The molecule has 24 heavy (non-hydrogen) atoms. The Morgan fingerprint density at radius 2 is 1.62 bits per heavy atom. The van der Waals surface area contributed by atoms with Gasteiger partial charge in [0, 0.05) is 23.1 Å². The maximum Gasteiger partial charge on any atom is 0.332 e. The van der Waals surface area contributed by atoms with Crippen LogP contribution in [0.3, 0.4) is 0 Å². The molecule has 2 atom stereocenters. The number of aliphatic hydroxyl groups excluding tert-OH is 1. The van der Waals surface area contributed by atoms with Crippen LogP contribution >= 0.6 is 0 Å². The molecule has 5 nitrogen and oxygen atoms in total. The number of nitrogens with one attached hydrogen (secondary N) is 2. The second kappa shape index (κ2) is 8.74. The lowest BCUT2D eigenvalue weighted by Crippen LogP contribution is -2.35. The molecule has 0 radical (unpaired) electrons. The minimum atomic E-state index is -0.846. The van der Waals surface area contributed by atoms with Crippen LogP contribution in [0.15, 0.2) is 66.7 Å². The summed E-state index contributed by atoms with van der Waals surface area (Å²) in [5, 5.41) is 16.1. The van der Waals surface area contributed by atoms with Crippen molar-refractivity contribution in [1.82, 2.24) is 0 Å². The second-order valence-electron chi connectivity index (χ2n) is 5.31. The van der Waals surface area contributed by atoms with Gasteiger partial charge in [-0.05, 0) is 50.2 Å². The van der Waals surface area contributed by atoms with Crippen molar-refractivity contribution in [1.29, 1.82) is 0 Å². The third-order valence-corrected chi connectivity index (χ3v) is 3.24. The molecule has 0 heterocycles. The van der Waals surface area contributed by atoms with Crippen LogP contribution in [-0.4, -0.2) is 23.4 Å². The fourth-order valence-electron chi connectivity index (χ4n) is 2.05. The predicted octanol–water partition coefficient (Wildman–Crippen LogP) is 3.67. The van der Waals surface area contributed by atoms with Crippen LogP contribution < -0.4 is 10.6 Å². The summed E-state index contributed by atoms with van der Waals surface area (Å²) in [6, 6.07) is 17.4. The summed E-state index contributed by atoms with van der Waals surface area (Å²) in [5.74, 6) is -0.502. The minimum Gasteiger partial charge on any atom is -0.436 e. The van der Waals surface area contributed by atoms with Crippen molar-refractivity contribution < 1.29 is 14.6 Å². The number of aliphatic hydroxyl groups is 1.